The number of carbonyl (C=O) groups is 1. The van der Waals surface area contributed by atoms with Crippen molar-refractivity contribution in [1.29, 1.82) is 0 Å². The molecule has 1 aromatic heterocycles. The lowest BCUT2D eigenvalue weighted by molar-refractivity contribution is 0.0697. The number of nitrogens with one attached hydrogen (secondary N) is 1. The highest BCUT2D eigenvalue weighted by Gasteiger charge is 2.12. The topological polar surface area (TPSA) is 62.5 Å². The minimum Gasteiger partial charge on any atom is -0.478 e. The summed E-state index contributed by atoms with van der Waals surface area (Å²) in [5.41, 5.74) is 0.794. The van der Waals surface area contributed by atoms with Gasteiger partial charge in [-0.1, -0.05) is 50.6 Å². The Morgan fingerprint density at radius 1 is 1.12 bits per heavy atom. The molecule has 1 aromatic carbocycles. The van der Waals surface area contributed by atoms with Gasteiger partial charge in [-0.25, -0.2) is 4.79 Å². The molecular weight excluding hydrogens is 373 g/mol. The lowest BCUT2D eigenvalue weighted by Gasteiger charge is -2.04. The van der Waals surface area contributed by atoms with Gasteiger partial charge in [0.15, 0.2) is 0 Å². The fraction of sp³-hybridized carbons (Fsp3) is 0.450. The molecule has 0 amide bonds. The van der Waals surface area contributed by atoms with E-state index in [0.29, 0.717) is 22.9 Å². The summed E-state index contributed by atoms with van der Waals surface area (Å²) in [6, 6.07) is 8.33. The molecule has 0 aliphatic heterocycles. The van der Waals surface area contributed by atoms with E-state index in [2.05, 4.69) is 12.2 Å². The predicted octanol–water partition coefficient (Wildman–Crippen LogP) is 6.17. The Hall–Kier alpha value is -1.49. The summed E-state index contributed by atoms with van der Waals surface area (Å²) in [5, 5.41) is 13.0. The normalized spacial score (nSPS) is 10.5. The van der Waals surface area contributed by atoms with Crippen LogP contribution < -0.4 is 5.32 Å². The summed E-state index contributed by atoms with van der Waals surface area (Å²) in [6.07, 6.45) is 7.66. The second-order valence-electron chi connectivity index (χ2n) is 6.21. The Balaban J connectivity index is 0.00000338. The fourth-order valence-electron chi connectivity index (χ4n) is 2.71. The van der Waals surface area contributed by atoms with Crippen molar-refractivity contribution >= 4 is 30.0 Å². The smallest absolute Gasteiger partial charge is 0.335 e. The first-order valence-corrected chi connectivity index (χ1v) is 9.32. The standard InChI is InChI=1S/C20H26ClNO3.ClH/c1-2-3-4-5-6-7-12-22-14-16-9-11-19(25-16)17-13-15(20(23)24)8-10-18(17)21;/h8-11,13,22H,2-7,12,14H2,1H3,(H,23,24);1H. The first kappa shape index (κ1) is 22.6. The van der Waals surface area contributed by atoms with Gasteiger partial charge in [0, 0.05) is 5.56 Å². The SMILES string of the molecule is CCCCCCCCNCc1ccc(-c2cc(C(=O)O)ccc2Cl)o1.Cl. The number of carboxylic acid groups (broad SMARTS) is 1. The van der Waals surface area contributed by atoms with Gasteiger partial charge in [-0.2, -0.15) is 0 Å². The predicted molar refractivity (Wildman–Crippen MR) is 108 cm³/mol. The van der Waals surface area contributed by atoms with Crippen molar-refractivity contribution in [2.24, 2.45) is 0 Å². The maximum atomic E-state index is 11.1. The zero-order valence-electron chi connectivity index (χ0n) is 15.1. The van der Waals surface area contributed by atoms with E-state index in [1.165, 1.54) is 50.7 Å². The van der Waals surface area contributed by atoms with Gasteiger partial charge in [-0.15, -0.1) is 12.4 Å². The van der Waals surface area contributed by atoms with Crippen LogP contribution in [0, 0.1) is 0 Å². The quantitative estimate of drug-likeness (QED) is 0.443. The van der Waals surface area contributed by atoms with Crippen LogP contribution in [0.2, 0.25) is 5.02 Å². The van der Waals surface area contributed by atoms with Crippen LogP contribution in [0.25, 0.3) is 11.3 Å². The van der Waals surface area contributed by atoms with Crippen LogP contribution in [0.5, 0.6) is 0 Å². The molecule has 0 saturated carbocycles. The van der Waals surface area contributed by atoms with Crippen LogP contribution in [0.1, 0.15) is 61.6 Å². The molecule has 26 heavy (non-hydrogen) atoms. The molecule has 144 valence electrons. The van der Waals surface area contributed by atoms with E-state index in [1.54, 1.807) is 6.07 Å². The molecule has 0 radical (unpaired) electrons. The average Bonchev–Trinajstić information content (AvgIpc) is 3.06. The molecule has 0 bridgehead atoms. The molecule has 0 atom stereocenters. The maximum Gasteiger partial charge on any atom is 0.335 e. The number of benzene rings is 1. The Bertz CT molecular complexity index is 685. The molecule has 2 N–H and O–H groups in total. The van der Waals surface area contributed by atoms with E-state index in [1.807, 2.05) is 12.1 Å². The van der Waals surface area contributed by atoms with Crippen LogP contribution >= 0.6 is 24.0 Å². The van der Waals surface area contributed by atoms with E-state index in [4.69, 9.17) is 21.1 Å². The highest BCUT2D eigenvalue weighted by molar-refractivity contribution is 6.33. The van der Waals surface area contributed by atoms with Crippen LogP contribution in [0.15, 0.2) is 34.7 Å². The molecule has 2 rings (SSSR count). The summed E-state index contributed by atoms with van der Waals surface area (Å²) in [7, 11) is 0. The van der Waals surface area contributed by atoms with Gasteiger partial charge in [-0.05, 0) is 43.3 Å². The van der Waals surface area contributed by atoms with E-state index in [0.717, 1.165) is 12.3 Å². The number of aromatic carboxylic acids is 1. The lowest BCUT2D eigenvalue weighted by Crippen LogP contribution is -2.14. The molecule has 0 spiro atoms. The van der Waals surface area contributed by atoms with E-state index < -0.39 is 5.97 Å². The van der Waals surface area contributed by atoms with Gasteiger partial charge in [0.25, 0.3) is 0 Å². The van der Waals surface area contributed by atoms with Gasteiger partial charge in [0.2, 0.25) is 0 Å². The fourth-order valence-corrected chi connectivity index (χ4v) is 2.92. The number of halogens is 2. The Morgan fingerprint density at radius 3 is 2.58 bits per heavy atom. The molecule has 0 saturated heterocycles. The summed E-state index contributed by atoms with van der Waals surface area (Å²) in [4.78, 5) is 11.1. The zero-order valence-corrected chi connectivity index (χ0v) is 16.7. The third-order valence-electron chi connectivity index (χ3n) is 4.15. The maximum absolute atomic E-state index is 11.1. The summed E-state index contributed by atoms with van der Waals surface area (Å²) in [5.74, 6) is 0.424. The third-order valence-corrected chi connectivity index (χ3v) is 4.48. The van der Waals surface area contributed by atoms with Crippen molar-refractivity contribution in [2.75, 3.05) is 6.54 Å². The van der Waals surface area contributed by atoms with Gasteiger partial charge in [0.1, 0.15) is 11.5 Å². The molecule has 0 fully saturated rings. The van der Waals surface area contributed by atoms with Crippen LogP contribution in [-0.2, 0) is 6.54 Å². The number of furan rings is 1. The van der Waals surface area contributed by atoms with Crippen molar-refractivity contribution in [2.45, 2.75) is 52.0 Å². The molecule has 6 heteroatoms. The van der Waals surface area contributed by atoms with Gasteiger partial charge in [-0.3, -0.25) is 0 Å². The Labute approximate surface area is 166 Å². The minimum absolute atomic E-state index is 0. The number of hydrogen-bond acceptors (Lipinski definition) is 3. The third kappa shape index (κ3) is 7.02. The highest BCUT2D eigenvalue weighted by atomic mass is 35.5. The largest absolute Gasteiger partial charge is 0.478 e. The van der Waals surface area contributed by atoms with Crippen molar-refractivity contribution in [3.63, 3.8) is 0 Å². The van der Waals surface area contributed by atoms with Gasteiger partial charge in [0.05, 0.1) is 17.1 Å². The zero-order chi connectivity index (χ0) is 18.1. The first-order chi connectivity index (χ1) is 12.1. The number of carboxylic acids is 1. The van der Waals surface area contributed by atoms with Crippen LogP contribution in [0.4, 0.5) is 0 Å². The van der Waals surface area contributed by atoms with Gasteiger partial charge >= 0.3 is 5.97 Å². The molecule has 1 heterocycles. The minimum atomic E-state index is -0.981. The number of rotatable bonds is 11. The molecule has 0 unspecified atom stereocenters. The number of unbranched alkanes of at least 4 members (excludes halogenated alkanes) is 5. The first-order valence-electron chi connectivity index (χ1n) is 8.94. The van der Waals surface area contributed by atoms with Crippen LogP contribution in [0.3, 0.4) is 0 Å². The van der Waals surface area contributed by atoms with Crippen molar-refractivity contribution in [1.82, 2.24) is 5.32 Å². The lowest BCUT2D eigenvalue weighted by atomic mass is 10.1. The molecule has 0 aliphatic carbocycles. The van der Waals surface area contributed by atoms with E-state index in [9.17, 15) is 4.79 Å². The Morgan fingerprint density at radius 2 is 1.85 bits per heavy atom. The molecule has 4 nitrogen and oxygen atoms in total. The van der Waals surface area contributed by atoms with E-state index in [-0.39, 0.29) is 18.0 Å². The highest BCUT2D eigenvalue weighted by Crippen LogP contribution is 2.30. The average molecular weight is 400 g/mol. The van der Waals surface area contributed by atoms with Crippen LogP contribution in [-0.4, -0.2) is 17.6 Å². The second-order valence-corrected chi connectivity index (χ2v) is 6.62. The molecule has 2 aromatic rings. The summed E-state index contributed by atoms with van der Waals surface area (Å²) < 4.78 is 5.81. The Kier molecular flexibility index (Phi) is 10.4. The number of hydrogen-bond donors (Lipinski definition) is 2. The monoisotopic (exact) mass is 399 g/mol. The van der Waals surface area contributed by atoms with E-state index >= 15 is 0 Å². The van der Waals surface area contributed by atoms with Crippen molar-refractivity contribution < 1.29 is 14.3 Å². The summed E-state index contributed by atoms with van der Waals surface area (Å²) in [6.45, 7) is 3.85. The van der Waals surface area contributed by atoms with Crippen molar-refractivity contribution in [3.8, 4) is 11.3 Å². The van der Waals surface area contributed by atoms with Gasteiger partial charge < -0.3 is 14.8 Å². The summed E-state index contributed by atoms with van der Waals surface area (Å²) >= 11 is 6.17. The van der Waals surface area contributed by atoms with Crippen molar-refractivity contribution in [3.05, 3.63) is 46.7 Å². The second kappa shape index (κ2) is 12.0. The molecular formula is C20H27Cl2NO3. The molecule has 0 aliphatic rings.